The molecule has 1 unspecified atom stereocenters. The van der Waals surface area contributed by atoms with Crippen molar-refractivity contribution < 1.29 is 14.3 Å². The minimum atomic E-state index is -0.419. The molecule has 0 fully saturated rings. The van der Waals surface area contributed by atoms with Crippen molar-refractivity contribution in [2.75, 3.05) is 13.2 Å². The Morgan fingerprint density at radius 1 is 1.10 bits per heavy atom. The van der Waals surface area contributed by atoms with Crippen LogP contribution in [0.2, 0.25) is 5.02 Å². The van der Waals surface area contributed by atoms with Crippen LogP contribution in [0.15, 0.2) is 66.7 Å². The summed E-state index contributed by atoms with van der Waals surface area (Å²) in [6.07, 6.45) is 6.34. The number of carbonyl (C=O) groups excluding carboxylic acids is 2. The zero-order valence-corrected chi connectivity index (χ0v) is 18.3. The smallest absolute Gasteiger partial charge is 0.224 e. The van der Waals surface area contributed by atoms with Crippen molar-refractivity contribution in [2.24, 2.45) is 5.92 Å². The predicted molar refractivity (Wildman–Crippen MR) is 123 cm³/mol. The first kappa shape index (κ1) is 23.0. The highest BCUT2D eigenvalue weighted by molar-refractivity contribution is 6.30. The molecule has 2 aromatic carbocycles. The normalized spacial score (nSPS) is 20.2. The lowest BCUT2D eigenvalue weighted by Gasteiger charge is -2.22. The van der Waals surface area contributed by atoms with Gasteiger partial charge in [-0.2, -0.15) is 0 Å². The standard InChI is InChI=1S/C25H29ClN2O3/c26-22-13-11-19(12-14-22)17-27-24(29)16-21-10-4-1-2-7-15-31-23(18-28-25(21)30)20-8-5-3-6-9-20/h1,3-6,8-9,11-14,21,23H,2,7,10,15-18H2,(H,27,29)(H,28,30)/t21-,23?/m0/s1. The molecule has 0 saturated heterocycles. The van der Waals surface area contributed by atoms with Crippen molar-refractivity contribution in [1.29, 1.82) is 0 Å². The van der Waals surface area contributed by atoms with Crippen LogP contribution in [0.3, 0.4) is 0 Å². The Bertz CT molecular complexity index is 868. The van der Waals surface area contributed by atoms with Gasteiger partial charge < -0.3 is 15.4 Å². The van der Waals surface area contributed by atoms with Crippen LogP contribution < -0.4 is 10.6 Å². The van der Waals surface area contributed by atoms with Gasteiger partial charge in [-0.1, -0.05) is 66.2 Å². The summed E-state index contributed by atoms with van der Waals surface area (Å²) in [6.45, 7) is 1.43. The predicted octanol–water partition coefficient (Wildman–Crippen LogP) is 4.58. The third kappa shape index (κ3) is 7.85. The number of halogens is 1. The maximum atomic E-state index is 12.9. The number of carbonyl (C=O) groups is 2. The molecule has 0 radical (unpaired) electrons. The van der Waals surface area contributed by atoms with Gasteiger partial charge in [0.1, 0.15) is 0 Å². The molecule has 0 saturated carbocycles. The number of amides is 2. The number of nitrogens with one attached hydrogen (secondary N) is 2. The summed E-state index contributed by atoms with van der Waals surface area (Å²) in [4.78, 5) is 25.4. The number of ether oxygens (including phenoxy) is 1. The summed E-state index contributed by atoms with van der Waals surface area (Å²) >= 11 is 5.90. The zero-order chi connectivity index (χ0) is 21.9. The van der Waals surface area contributed by atoms with Crippen LogP contribution in [0.4, 0.5) is 0 Å². The van der Waals surface area contributed by atoms with Crippen LogP contribution in [0.5, 0.6) is 0 Å². The second-order valence-corrected chi connectivity index (χ2v) is 8.11. The van der Waals surface area contributed by atoms with Crippen LogP contribution in [0.1, 0.15) is 42.9 Å². The van der Waals surface area contributed by atoms with Crippen molar-refractivity contribution in [3.05, 3.63) is 82.9 Å². The molecule has 2 atom stereocenters. The van der Waals surface area contributed by atoms with Crippen molar-refractivity contribution >= 4 is 23.4 Å². The highest BCUT2D eigenvalue weighted by Gasteiger charge is 2.22. The third-order valence-corrected chi connectivity index (χ3v) is 5.51. The van der Waals surface area contributed by atoms with Crippen LogP contribution >= 0.6 is 11.6 Å². The van der Waals surface area contributed by atoms with Gasteiger partial charge in [0.25, 0.3) is 0 Å². The highest BCUT2D eigenvalue weighted by Crippen LogP contribution is 2.19. The van der Waals surface area contributed by atoms with Gasteiger partial charge in [0.05, 0.1) is 12.0 Å². The molecule has 2 amide bonds. The molecule has 0 aliphatic carbocycles. The summed E-state index contributed by atoms with van der Waals surface area (Å²) in [6, 6.07) is 17.2. The van der Waals surface area contributed by atoms with Crippen LogP contribution in [0.25, 0.3) is 0 Å². The molecular formula is C25H29ClN2O3. The Balaban J connectivity index is 1.59. The molecule has 164 valence electrons. The van der Waals surface area contributed by atoms with E-state index in [-0.39, 0.29) is 24.3 Å². The van der Waals surface area contributed by atoms with E-state index in [0.717, 1.165) is 24.0 Å². The largest absolute Gasteiger partial charge is 0.372 e. The van der Waals surface area contributed by atoms with Gasteiger partial charge in [-0.15, -0.1) is 0 Å². The molecule has 2 aromatic rings. The van der Waals surface area contributed by atoms with E-state index in [2.05, 4.69) is 16.7 Å². The average molecular weight is 441 g/mol. The fraction of sp³-hybridized carbons (Fsp3) is 0.360. The van der Waals surface area contributed by atoms with Crippen molar-refractivity contribution in [3.8, 4) is 0 Å². The van der Waals surface area contributed by atoms with Gasteiger partial charge in [-0.05, 0) is 42.5 Å². The number of hydrogen-bond donors (Lipinski definition) is 2. The minimum absolute atomic E-state index is 0.128. The van der Waals surface area contributed by atoms with E-state index >= 15 is 0 Å². The highest BCUT2D eigenvalue weighted by atomic mass is 35.5. The fourth-order valence-corrected chi connectivity index (χ4v) is 3.59. The fourth-order valence-electron chi connectivity index (χ4n) is 3.47. The van der Waals surface area contributed by atoms with Gasteiger partial charge in [0.2, 0.25) is 11.8 Å². The van der Waals surface area contributed by atoms with Gasteiger partial charge in [0.15, 0.2) is 0 Å². The summed E-state index contributed by atoms with van der Waals surface area (Å²) in [5.41, 5.74) is 2.00. The lowest BCUT2D eigenvalue weighted by atomic mass is 9.98. The van der Waals surface area contributed by atoms with E-state index in [1.807, 2.05) is 48.5 Å². The Morgan fingerprint density at radius 2 is 1.87 bits per heavy atom. The molecule has 0 bridgehead atoms. The third-order valence-electron chi connectivity index (χ3n) is 5.26. The zero-order valence-electron chi connectivity index (χ0n) is 17.6. The molecule has 3 rings (SSSR count). The van der Waals surface area contributed by atoms with Gasteiger partial charge in [-0.3, -0.25) is 9.59 Å². The van der Waals surface area contributed by atoms with E-state index < -0.39 is 5.92 Å². The molecule has 1 aliphatic heterocycles. The van der Waals surface area contributed by atoms with E-state index in [1.165, 1.54) is 0 Å². The van der Waals surface area contributed by atoms with E-state index in [1.54, 1.807) is 12.1 Å². The minimum Gasteiger partial charge on any atom is -0.372 e. The monoisotopic (exact) mass is 440 g/mol. The second-order valence-electron chi connectivity index (χ2n) is 7.67. The molecule has 0 spiro atoms. The molecule has 1 heterocycles. The number of allylic oxidation sites excluding steroid dienone is 2. The maximum absolute atomic E-state index is 12.9. The number of hydrogen-bond acceptors (Lipinski definition) is 3. The van der Waals surface area contributed by atoms with Crippen molar-refractivity contribution in [3.63, 3.8) is 0 Å². The second kappa shape index (κ2) is 12.3. The quantitative estimate of drug-likeness (QED) is 0.669. The Kier molecular flexibility index (Phi) is 9.13. The Morgan fingerprint density at radius 3 is 2.65 bits per heavy atom. The maximum Gasteiger partial charge on any atom is 0.224 e. The summed E-state index contributed by atoms with van der Waals surface area (Å²) < 4.78 is 6.02. The van der Waals surface area contributed by atoms with Crippen LogP contribution in [-0.2, 0) is 20.9 Å². The lowest BCUT2D eigenvalue weighted by molar-refractivity contribution is -0.130. The van der Waals surface area contributed by atoms with Crippen LogP contribution in [0, 0.1) is 5.92 Å². The number of rotatable bonds is 5. The SMILES string of the molecule is O=C(C[C@@H]1CC=CCCCOC(c2ccccc2)CNC1=O)NCc1ccc(Cl)cc1. The summed E-state index contributed by atoms with van der Waals surface area (Å²) in [5.74, 6) is -0.694. The summed E-state index contributed by atoms with van der Waals surface area (Å²) in [7, 11) is 0. The molecule has 2 N–H and O–H groups in total. The lowest BCUT2D eigenvalue weighted by Crippen LogP contribution is -2.37. The van der Waals surface area contributed by atoms with Crippen LogP contribution in [-0.4, -0.2) is 25.0 Å². The first-order valence-electron chi connectivity index (χ1n) is 10.7. The molecule has 6 heteroatoms. The van der Waals surface area contributed by atoms with E-state index in [4.69, 9.17) is 16.3 Å². The van der Waals surface area contributed by atoms with E-state index in [9.17, 15) is 9.59 Å². The van der Waals surface area contributed by atoms with E-state index in [0.29, 0.717) is 31.1 Å². The molecule has 31 heavy (non-hydrogen) atoms. The summed E-state index contributed by atoms with van der Waals surface area (Å²) in [5, 5.41) is 6.55. The molecule has 1 aliphatic rings. The molecule has 5 nitrogen and oxygen atoms in total. The first-order chi connectivity index (χ1) is 15.1. The van der Waals surface area contributed by atoms with Crippen molar-refractivity contribution in [2.45, 2.75) is 38.3 Å². The number of benzene rings is 2. The van der Waals surface area contributed by atoms with Crippen molar-refractivity contribution in [1.82, 2.24) is 10.6 Å². The topological polar surface area (TPSA) is 67.4 Å². The Hall–Kier alpha value is -2.63. The first-order valence-corrected chi connectivity index (χ1v) is 11.1. The van der Waals surface area contributed by atoms with Gasteiger partial charge >= 0.3 is 0 Å². The van der Waals surface area contributed by atoms with Gasteiger partial charge in [-0.25, -0.2) is 0 Å². The Labute approximate surface area is 188 Å². The van der Waals surface area contributed by atoms with Gasteiger partial charge in [0, 0.05) is 31.1 Å². The average Bonchev–Trinajstić information content (AvgIpc) is 2.78. The molecular weight excluding hydrogens is 412 g/mol. The molecule has 0 aromatic heterocycles.